The number of morpholine rings is 1. The minimum absolute atomic E-state index is 0.253. The van der Waals surface area contributed by atoms with E-state index in [0.717, 1.165) is 56.9 Å². The van der Waals surface area contributed by atoms with Crippen molar-refractivity contribution in [3.8, 4) is 0 Å². The molecule has 1 aromatic rings. The molecule has 0 aliphatic carbocycles. The van der Waals surface area contributed by atoms with Gasteiger partial charge in [-0.3, -0.25) is 4.99 Å². The maximum absolute atomic E-state index is 5.63. The summed E-state index contributed by atoms with van der Waals surface area (Å²) in [6.45, 7) is 12.4. The summed E-state index contributed by atoms with van der Waals surface area (Å²) < 4.78 is 5.63. The Balaban J connectivity index is 1.38. The lowest BCUT2D eigenvalue weighted by Gasteiger charge is -2.32. The minimum Gasteiger partial charge on any atom is -0.375 e. The first-order valence-electron chi connectivity index (χ1n) is 11.1. The fourth-order valence-corrected chi connectivity index (χ4v) is 3.97. The standard InChI is InChI=1S/C22H38N6O/c1-18-6-11-27(12-7-18)10-4-8-25-22(23-3)26-16-20-5-9-24-21(15-20)28-13-14-29-19(2)17-28/h5,9,15,18-19H,4,6-8,10-14,16-17H2,1-3H3,(H2,23,25,26). The second-order valence-corrected chi connectivity index (χ2v) is 8.38. The molecule has 2 N–H and O–H groups in total. The number of piperidine rings is 1. The highest BCUT2D eigenvalue weighted by molar-refractivity contribution is 5.79. The number of guanidine groups is 1. The topological polar surface area (TPSA) is 65.0 Å². The fourth-order valence-electron chi connectivity index (χ4n) is 3.97. The van der Waals surface area contributed by atoms with Crippen molar-refractivity contribution in [3.05, 3.63) is 23.9 Å². The molecule has 3 heterocycles. The summed E-state index contributed by atoms with van der Waals surface area (Å²) in [5, 5.41) is 6.86. The highest BCUT2D eigenvalue weighted by Gasteiger charge is 2.18. The maximum Gasteiger partial charge on any atom is 0.191 e. The van der Waals surface area contributed by atoms with Crippen LogP contribution in [0, 0.1) is 5.92 Å². The van der Waals surface area contributed by atoms with Crippen LogP contribution >= 0.6 is 0 Å². The highest BCUT2D eigenvalue weighted by atomic mass is 16.5. The van der Waals surface area contributed by atoms with Gasteiger partial charge < -0.3 is 25.2 Å². The van der Waals surface area contributed by atoms with E-state index in [1.54, 1.807) is 0 Å². The quantitative estimate of drug-likeness (QED) is 0.414. The Morgan fingerprint density at radius 1 is 1.24 bits per heavy atom. The van der Waals surface area contributed by atoms with E-state index in [-0.39, 0.29) is 6.10 Å². The first-order valence-corrected chi connectivity index (χ1v) is 11.1. The predicted octanol–water partition coefficient (Wildman–Crippen LogP) is 2.09. The number of pyridine rings is 1. The van der Waals surface area contributed by atoms with Gasteiger partial charge in [0.05, 0.1) is 12.7 Å². The average Bonchev–Trinajstić information content (AvgIpc) is 2.75. The van der Waals surface area contributed by atoms with Crippen LogP contribution in [0.25, 0.3) is 0 Å². The lowest BCUT2D eigenvalue weighted by Crippen LogP contribution is -2.41. The third kappa shape index (κ3) is 7.16. The molecule has 1 atom stereocenters. The molecular weight excluding hydrogens is 364 g/mol. The Kier molecular flexibility index (Phi) is 8.55. The van der Waals surface area contributed by atoms with Crippen LogP contribution in [0.2, 0.25) is 0 Å². The van der Waals surface area contributed by atoms with Crippen molar-refractivity contribution in [3.63, 3.8) is 0 Å². The first-order chi connectivity index (χ1) is 14.1. The van der Waals surface area contributed by atoms with Crippen LogP contribution in [0.15, 0.2) is 23.3 Å². The number of hydrogen-bond donors (Lipinski definition) is 2. The summed E-state index contributed by atoms with van der Waals surface area (Å²) in [6, 6.07) is 4.22. The number of nitrogens with one attached hydrogen (secondary N) is 2. The van der Waals surface area contributed by atoms with Gasteiger partial charge in [-0.05, 0) is 69.4 Å². The van der Waals surface area contributed by atoms with Gasteiger partial charge in [-0.25, -0.2) is 4.98 Å². The summed E-state index contributed by atoms with van der Waals surface area (Å²) in [5.74, 6) is 2.78. The summed E-state index contributed by atoms with van der Waals surface area (Å²) >= 11 is 0. The number of aliphatic imine (C=N–C) groups is 1. The van der Waals surface area contributed by atoms with E-state index >= 15 is 0 Å². The molecule has 2 saturated heterocycles. The van der Waals surface area contributed by atoms with Crippen LogP contribution in [0.1, 0.15) is 38.7 Å². The Hall–Kier alpha value is -1.86. The van der Waals surface area contributed by atoms with Gasteiger partial charge in [0.1, 0.15) is 5.82 Å². The molecule has 29 heavy (non-hydrogen) atoms. The van der Waals surface area contributed by atoms with Crippen molar-refractivity contribution in [1.29, 1.82) is 0 Å². The first kappa shape index (κ1) is 21.8. The molecule has 7 heteroatoms. The molecule has 0 saturated carbocycles. The number of likely N-dealkylation sites (tertiary alicyclic amines) is 1. The van der Waals surface area contributed by atoms with Crippen LogP contribution in [0.4, 0.5) is 5.82 Å². The zero-order chi connectivity index (χ0) is 20.5. The van der Waals surface area contributed by atoms with Crippen LogP contribution in [0.3, 0.4) is 0 Å². The number of nitrogens with zero attached hydrogens (tertiary/aromatic N) is 4. The van der Waals surface area contributed by atoms with E-state index < -0.39 is 0 Å². The molecule has 162 valence electrons. The third-order valence-electron chi connectivity index (χ3n) is 5.88. The summed E-state index contributed by atoms with van der Waals surface area (Å²) in [7, 11) is 1.83. The third-order valence-corrected chi connectivity index (χ3v) is 5.88. The van der Waals surface area contributed by atoms with Gasteiger partial charge in [0, 0.05) is 39.4 Å². The van der Waals surface area contributed by atoms with Crippen LogP contribution in [0.5, 0.6) is 0 Å². The lowest BCUT2D eigenvalue weighted by molar-refractivity contribution is 0.0529. The van der Waals surface area contributed by atoms with E-state index in [9.17, 15) is 0 Å². The van der Waals surface area contributed by atoms with Crippen molar-refractivity contribution in [2.45, 2.75) is 45.8 Å². The zero-order valence-corrected chi connectivity index (χ0v) is 18.4. The van der Waals surface area contributed by atoms with Gasteiger partial charge in [-0.15, -0.1) is 0 Å². The molecule has 3 rings (SSSR count). The normalized spacial score (nSPS) is 22.0. The summed E-state index contributed by atoms with van der Waals surface area (Å²) in [5.41, 5.74) is 1.21. The largest absolute Gasteiger partial charge is 0.375 e. The molecule has 2 aliphatic heterocycles. The molecule has 0 aromatic carbocycles. The molecule has 0 radical (unpaired) electrons. The molecule has 1 unspecified atom stereocenters. The Morgan fingerprint density at radius 2 is 2.07 bits per heavy atom. The van der Waals surface area contributed by atoms with Crippen LogP contribution < -0.4 is 15.5 Å². The van der Waals surface area contributed by atoms with Gasteiger partial charge in [0.2, 0.25) is 0 Å². The second-order valence-electron chi connectivity index (χ2n) is 8.38. The zero-order valence-electron chi connectivity index (χ0n) is 18.4. The monoisotopic (exact) mass is 402 g/mol. The smallest absolute Gasteiger partial charge is 0.191 e. The maximum atomic E-state index is 5.63. The van der Waals surface area contributed by atoms with Crippen molar-refractivity contribution >= 4 is 11.8 Å². The number of hydrogen-bond acceptors (Lipinski definition) is 5. The number of ether oxygens (including phenoxy) is 1. The summed E-state index contributed by atoms with van der Waals surface area (Å²) in [4.78, 5) is 13.8. The average molecular weight is 403 g/mol. The van der Waals surface area contributed by atoms with Gasteiger partial charge in [0.15, 0.2) is 5.96 Å². The Morgan fingerprint density at radius 3 is 2.83 bits per heavy atom. The number of anilines is 1. The molecule has 1 aromatic heterocycles. The minimum atomic E-state index is 0.253. The van der Waals surface area contributed by atoms with Gasteiger partial charge in [-0.2, -0.15) is 0 Å². The molecule has 7 nitrogen and oxygen atoms in total. The van der Waals surface area contributed by atoms with Gasteiger partial charge in [0.25, 0.3) is 0 Å². The Bertz CT molecular complexity index is 644. The molecule has 2 aliphatic rings. The molecule has 0 bridgehead atoms. The van der Waals surface area contributed by atoms with E-state index in [4.69, 9.17) is 4.74 Å². The molecule has 0 amide bonds. The molecule has 2 fully saturated rings. The summed E-state index contributed by atoms with van der Waals surface area (Å²) in [6.07, 6.45) is 5.97. The number of rotatable bonds is 7. The van der Waals surface area contributed by atoms with Crippen LogP contribution in [-0.2, 0) is 11.3 Å². The van der Waals surface area contributed by atoms with E-state index in [1.807, 2.05) is 13.2 Å². The second kappa shape index (κ2) is 11.4. The lowest BCUT2D eigenvalue weighted by atomic mass is 9.99. The highest BCUT2D eigenvalue weighted by Crippen LogP contribution is 2.17. The SMILES string of the molecule is CN=C(NCCCN1CCC(C)CC1)NCc1ccnc(N2CCOC(C)C2)c1. The predicted molar refractivity (Wildman–Crippen MR) is 120 cm³/mol. The van der Waals surface area contributed by atoms with Crippen molar-refractivity contribution in [2.24, 2.45) is 10.9 Å². The molecular formula is C22H38N6O. The Labute approximate surface area is 175 Å². The fraction of sp³-hybridized carbons (Fsp3) is 0.727. The van der Waals surface area contributed by atoms with Gasteiger partial charge in [-0.1, -0.05) is 6.92 Å². The van der Waals surface area contributed by atoms with Gasteiger partial charge >= 0.3 is 0 Å². The van der Waals surface area contributed by atoms with E-state index in [0.29, 0.717) is 0 Å². The van der Waals surface area contributed by atoms with Crippen molar-refractivity contribution in [1.82, 2.24) is 20.5 Å². The van der Waals surface area contributed by atoms with E-state index in [2.05, 4.69) is 56.4 Å². The number of aromatic nitrogens is 1. The van der Waals surface area contributed by atoms with Crippen molar-refractivity contribution < 1.29 is 4.74 Å². The van der Waals surface area contributed by atoms with Crippen molar-refractivity contribution in [2.75, 3.05) is 57.8 Å². The van der Waals surface area contributed by atoms with E-state index in [1.165, 1.54) is 38.0 Å². The molecule has 0 spiro atoms. The van der Waals surface area contributed by atoms with Crippen LogP contribution in [-0.4, -0.2) is 74.9 Å².